The second-order valence-electron chi connectivity index (χ2n) is 7.75. The molecule has 5 nitrogen and oxygen atoms in total. The molecule has 0 unspecified atom stereocenters. The monoisotopic (exact) mass is 498 g/mol. The molecule has 7 heteroatoms. The molecule has 0 aliphatic carbocycles. The molecule has 0 bridgehead atoms. The van der Waals surface area contributed by atoms with Crippen molar-refractivity contribution in [2.75, 3.05) is 15.7 Å². The number of amides is 1. The number of fused-ring (bicyclic) bond motifs is 1. The molecule has 0 fully saturated rings. The van der Waals surface area contributed by atoms with Gasteiger partial charge in [-0.2, -0.15) is 0 Å². The first-order valence-corrected chi connectivity index (χ1v) is 12.3. The minimum atomic E-state index is -3.93. The lowest BCUT2D eigenvalue weighted by atomic mass is 10.1. The fourth-order valence-electron chi connectivity index (χ4n) is 3.90. The topological polar surface area (TPSA) is 57.7 Å². The number of anilines is 2. The highest BCUT2D eigenvalue weighted by Crippen LogP contribution is 2.33. The Kier molecular flexibility index (Phi) is 5.90. The predicted molar refractivity (Wildman–Crippen MR) is 127 cm³/mol. The van der Waals surface area contributed by atoms with E-state index in [4.69, 9.17) is 0 Å². The van der Waals surface area contributed by atoms with E-state index < -0.39 is 10.0 Å². The third-order valence-corrected chi connectivity index (χ3v) is 7.80. The minimum Gasteiger partial charge on any atom is -0.307 e. The van der Waals surface area contributed by atoms with Crippen molar-refractivity contribution in [2.24, 2.45) is 0 Å². The molecule has 160 valence electrons. The maximum Gasteiger partial charge on any atom is 0.264 e. The summed E-state index contributed by atoms with van der Waals surface area (Å²) in [6.45, 7) is 3.60. The van der Waals surface area contributed by atoms with E-state index in [2.05, 4.69) is 15.9 Å². The second kappa shape index (κ2) is 8.48. The molecule has 0 saturated heterocycles. The number of hydrogen-bond donors (Lipinski definition) is 0. The first kappa shape index (κ1) is 21.6. The number of halogens is 1. The minimum absolute atomic E-state index is 0.0289. The summed E-state index contributed by atoms with van der Waals surface area (Å²) >= 11 is 3.39. The first-order valence-electron chi connectivity index (χ1n) is 10.0. The average molecular weight is 499 g/mol. The van der Waals surface area contributed by atoms with Crippen LogP contribution in [0.25, 0.3) is 0 Å². The van der Waals surface area contributed by atoms with Gasteiger partial charge in [0.2, 0.25) is 5.91 Å². The smallest absolute Gasteiger partial charge is 0.264 e. The van der Waals surface area contributed by atoms with Crippen molar-refractivity contribution in [2.45, 2.75) is 31.2 Å². The Morgan fingerprint density at radius 3 is 2.35 bits per heavy atom. The van der Waals surface area contributed by atoms with E-state index in [-0.39, 0.29) is 23.4 Å². The van der Waals surface area contributed by atoms with E-state index in [0.717, 1.165) is 27.7 Å². The number of rotatable bonds is 5. The van der Waals surface area contributed by atoms with Gasteiger partial charge in [-0.05, 0) is 68.3 Å². The highest BCUT2D eigenvalue weighted by molar-refractivity contribution is 9.10. The Bertz CT molecular complexity index is 1210. The molecular formula is C24H23BrN2O3S. The SMILES string of the molecule is Cc1ccc(S(=O)(=O)N(CC(=O)N2c3ccccc3C[C@H]2C)c2ccc(Br)cc2)cc1. The van der Waals surface area contributed by atoms with Crippen LogP contribution in [0.2, 0.25) is 0 Å². The molecule has 0 spiro atoms. The summed E-state index contributed by atoms with van der Waals surface area (Å²) in [5, 5.41) is 0. The van der Waals surface area contributed by atoms with Crippen LogP contribution in [0.1, 0.15) is 18.1 Å². The number of nitrogens with zero attached hydrogens (tertiary/aromatic N) is 2. The van der Waals surface area contributed by atoms with Crippen LogP contribution >= 0.6 is 15.9 Å². The molecule has 4 rings (SSSR count). The lowest BCUT2D eigenvalue weighted by molar-refractivity contribution is -0.117. The van der Waals surface area contributed by atoms with Gasteiger partial charge in [-0.1, -0.05) is 51.8 Å². The molecule has 3 aromatic carbocycles. The van der Waals surface area contributed by atoms with E-state index >= 15 is 0 Å². The molecular weight excluding hydrogens is 476 g/mol. The van der Waals surface area contributed by atoms with Crippen LogP contribution in [0.15, 0.2) is 82.2 Å². The van der Waals surface area contributed by atoms with Gasteiger partial charge in [0.1, 0.15) is 6.54 Å². The molecule has 1 aliphatic heterocycles. The zero-order valence-corrected chi connectivity index (χ0v) is 19.7. The molecule has 0 saturated carbocycles. The number of carbonyl (C=O) groups is 1. The summed E-state index contributed by atoms with van der Waals surface area (Å²) in [5.41, 5.74) is 3.36. The molecule has 1 atom stereocenters. The van der Waals surface area contributed by atoms with Gasteiger partial charge in [0.05, 0.1) is 10.6 Å². The zero-order chi connectivity index (χ0) is 22.2. The molecule has 0 N–H and O–H groups in total. The van der Waals surface area contributed by atoms with Crippen LogP contribution in [0.4, 0.5) is 11.4 Å². The zero-order valence-electron chi connectivity index (χ0n) is 17.3. The summed E-state index contributed by atoms with van der Waals surface area (Å²) in [6.07, 6.45) is 0.755. The number of benzene rings is 3. The van der Waals surface area contributed by atoms with Gasteiger partial charge in [-0.3, -0.25) is 9.10 Å². The second-order valence-corrected chi connectivity index (χ2v) is 10.5. The van der Waals surface area contributed by atoms with Crippen LogP contribution in [0.3, 0.4) is 0 Å². The van der Waals surface area contributed by atoms with Gasteiger partial charge >= 0.3 is 0 Å². The van der Waals surface area contributed by atoms with Gasteiger partial charge in [-0.15, -0.1) is 0 Å². The van der Waals surface area contributed by atoms with Crippen molar-refractivity contribution in [1.82, 2.24) is 0 Å². The van der Waals surface area contributed by atoms with Crippen molar-refractivity contribution in [3.8, 4) is 0 Å². The van der Waals surface area contributed by atoms with Crippen LogP contribution in [-0.4, -0.2) is 26.9 Å². The maximum absolute atomic E-state index is 13.5. The third kappa shape index (κ3) is 4.25. The van der Waals surface area contributed by atoms with Gasteiger partial charge in [0.15, 0.2) is 0 Å². The van der Waals surface area contributed by atoms with Crippen molar-refractivity contribution < 1.29 is 13.2 Å². The Hall–Kier alpha value is -2.64. The van der Waals surface area contributed by atoms with Crippen LogP contribution < -0.4 is 9.21 Å². The predicted octanol–water partition coefficient (Wildman–Crippen LogP) is 4.93. The number of carbonyl (C=O) groups excluding carboxylic acids is 1. The quantitative estimate of drug-likeness (QED) is 0.500. The maximum atomic E-state index is 13.5. The summed E-state index contributed by atoms with van der Waals surface area (Å²) in [5.74, 6) is -0.254. The van der Waals surface area contributed by atoms with E-state index in [1.807, 2.05) is 38.1 Å². The van der Waals surface area contributed by atoms with Crippen LogP contribution in [0, 0.1) is 6.92 Å². The molecule has 1 aliphatic rings. The highest BCUT2D eigenvalue weighted by atomic mass is 79.9. The van der Waals surface area contributed by atoms with Gasteiger partial charge in [0.25, 0.3) is 10.0 Å². The number of aryl methyl sites for hydroxylation is 1. The van der Waals surface area contributed by atoms with Gasteiger partial charge < -0.3 is 4.90 Å². The van der Waals surface area contributed by atoms with Crippen molar-refractivity contribution in [3.63, 3.8) is 0 Å². The fourth-order valence-corrected chi connectivity index (χ4v) is 5.58. The number of hydrogen-bond acceptors (Lipinski definition) is 3. The van der Waals surface area contributed by atoms with E-state index in [1.54, 1.807) is 53.4 Å². The Labute approximate surface area is 191 Å². The average Bonchev–Trinajstić information content (AvgIpc) is 3.08. The van der Waals surface area contributed by atoms with E-state index in [0.29, 0.717) is 5.69 Å². The Morgan fingerprint density at radius 1 is 1.03 bits per heavy atom. The summed E-state index contributed by atoms with van der Waals surface area (Å²) in [6, 6.07) is 21.3. The number of sulfonamides is 1. The van der Waals surface area contributed by atoms with Crippen molar-refractivity contribution in [1.29, 1.82) is 0 Å². The fraction of sp³-hybridized carbons (Fsp3) is 0.208. The van der Waals surface area contributed by atoms with Gasteiger partial charge in [0, 0.05) is 16.2 Å². The number of para-hydroxylation sites is 1. The normalized spacial score (nSPS) is 15.6. The molecule has 1 heterocycles. The molecule has 3 aromatic rings. The Morgan fingerprint density at radius 2 is 1.68 bits per heavy atom. The van der Waals surface area contributed by atoms with E-state index in [1.165, 1.54) is 4.31 Å². The van der Waals surface area contributed by atoms with E-state index in [9.17, 15) is 13.2 Å². The summed E-state index contributed by atoms with van der Waals surface area (Å²) in [7, 11) is -3.93. The van der Waals surface area contributed by atoms with Crippen molar-refractivity contribution >= 4 is 43.2 Å². The molecule has 1 amide bonds. The summed E-state index contributed by atoms with van der Waals surface area (Å²) < 4.78 is 29.1. The standard InChI is InChI=1S/C24H23BrN2O3S/c1-17-7-13-22(14-8-17)31(29,30)26(21-11-9-20(25)10-12-21)16-24(28)27-18(2)15-19-5-3-4-6-23(19)27/h3-14,18H,15-16H2,1-2H3/t18-/m1/s1. The molecule has 0 aromatic heterocycles. The highest BCUT2D eigenvalue weighted by Gasteiger charge is 2.34. The molecule has 31 heavy (non-hydrogen) atoms. The van der Waals surface area contributed by atoms with Crippen molar-refractivity contribution in [3.05, 3.63) is 88.4 Å². The third-order valence-electron chi connectivity index (χ3n) is 5.48. The largest absolute Gasteiger partial charge is 0.307 e. The van der Waals surface area contributed by atoms with Gasteiger partial charge in [-0.25, -0.2) is 8.42 Å². The van der Waals surface area contributed by atoms with Crippen LogP contribution in [0.5, 0.6) is 0 Å². The van der Waals surface area contributed by atoms with Crippen LogP contribution in [-0.2, 0) is 21.2 Å². The lowest BCUT2D eigenvalue weighted by Crippen LogP contribution is -2.45. The lowest BCUT2D eigenvalue weighted by Gasteiger charge is -2.29. The summed E-state index contributed by atoms with van der Waals surface area (Å²) in [4.78, 5) is 15.3. The Balaban J connectivity index is 1.72. The first-order chi connectivity index (χ1) is 14.8. The molecule has 0 radical (unpaired) electrons.